The Morgan fingerprint density at radius 1 is 1.02 bits per heavy atom. The van der Waals surface area contributed by atoms with Gasteiger partial charge in [-0.25, -0.2) is 0 Å². The number of carbonyl (C=O) groups is 1. The van der Waals surface area contributed by atoms with Crippen LogP contribution in [0.25, 0.3) is 10.9 Å². The summed E-state index contributed by atoms with van der Waals surface area (Å²) in [7, 11) is -0.491. The van der Waals surface area contributed by atoms with Gasteiger partial charge in [0.2, 0.25) is 0 Å². The van der Waals surface area contributed by atoms with Crippen molar-refractivity contribution in [3.63, 3.8) is 0 Å². The van der Waals surface area contributed by atoms with Gasteiger partial charge >= 0.3 is 0 Å². The number of aromatic amines is 1. The highest BCUT2D eigenvalue weighted by Gasteiger charge is 2.39. The van der Waals surface area contributed by atoms with E-state index in [1.165, 1.54) is 0 Å². The Kier molecular flexibility index (Phi) is 10.6. The van der Waals surface area contributed by atoms with Gasteiger partial charge in [-0.3, -0.25) is 4.79 Å². The van der Waals surface area contributed by atoms with Gasteiger partial charge < -0.3 is 35.0 Å². The first-order valence-corrected chi connectivity index (χ1v) is 18.1. The molecule has 0 saturated heterocycles. The number of methoxy groups -OCH3 is 1. The third-order valence-corrected chi connectivity index (χ3v) is 13.1. The molecule has 3 aromatic carbocycles. The number of hydrogen-bond acceptors (Lipinski definition) is 6. The number of aliphatic hydroxyl groups is 1. The summed E-state index contributed by atoms with van der Waals surface area (Å²) in [4.78, 5) is 16.1. The Balaban J connectivity index is 1.42. The predicted octanol–water partition coefficient (Wildman–Crippen LogP) is 6.59. The second-order valence-electron chi connectivity index (χ2n) is 13.0. The molecule has 1 aromatic heterocycles. The SMILES string of the molecule is COc1ccccc1CNC(=O)c1cc2cc(C[C@@H](C)NC[C@H](O[Si](C)(C)C(C)(C)C)c3ccc(O)c(CO)c3)ccc2[nH]1. The minimum atomic E-state index is -2.11. The van der Waals surface area contributed by atoms with E-state index in [1.807, 2.05) is 48.5 Å². The average molecular weight is 618 g/mol. The van der Waals surface area contributed by atoms with E-state index in [9.17, 15) is 15.0 Å². The highest BCUT2D eigenvalue weighted by Crippen LogP contribution is 2.40. The molecule has 1 heterocycles. The van der Waals surface area contributed by atoms with E-state index < -0.39 is 8.32 Å². The molecular weight excluding hydrogens is 570 g/mol. The number of ether oxygens (including phenoxy) is 1. The quantitative estimate of drug-likeness (QED) is 0.108. The molecule has 0 aliphatic rings. The number of para-hydroxylation sites is 1. The van der Waals surface area contributed by atoms with E-state index in [-0.39, 0.29) is 35.4 Å². The van der Waals surface area contributed by atoms with Crippen LogP contribution < -0.4 is 15.4 Å². The lowest BCUT2D eigenvalue weighted by atomic mass is 10.0. The number of rotatable bonds is 13. The third kappa shape index (κ3) is 8.09. The van der Waals surface area contributed by atoms with Crippen LogP contribution in [-0.4, -0.2) is 49.1 Å². The largest absolute Gasteiger partial charge is 0.508 e. The number of nitrogens with one attached hydrogen (secondary N) is 3. The van der Waals surface area contributed by atoms with Crippen molar-refractivity contribution in [2.75, 3.05) is 13.7 Å². The lowest BCUT2D eigenvalue weighted by Crippen LogP contribution is -2.44. The molecule has 4 rings (SSSR count). The molecule has 4 aromatic rings. The molecule has 2 atom stereocenters. The van der Waals surface area contributed by atoms with Gasteiger partial charge in [-0.1, -0.05) is 51.1 Å². The monoisotopic (exact) mass is 617 g/mol. The van der Waals surface area contributed by atoms with Crippen molar-refractivity contribution in [1.82, 2.24) is 15.6 Å². The summed E-state index contributed by atoms with van der Waals surface area (Å²) in [6, 6.07) is 21.3. The van der Waals surface area contributed by atoms with E-state index in [4.69, 9.17) is 9.16 Å². The highest BCUT2D eigenvalue weighted by molar-refractivity contribution is 6.74. The molecular formula is C35H47N3O5Si. The summed E-state index contributed by atoms with van der Waals surface area (Å²) < 4.78 is 12.2. The van der Waals surface area contributed by atoms with Gasteiger partial charge in [-0.05, 0) is 79.0 Å². The summed E-state index contributed by atoms with van der Waals surface area (Å²) in [5, 5.41) is 27.5. The number of benzene rings is 3. The van der Waals surface area contributed by atoms with Crippen molar-refractivity contribution in [3.05, 3.63) is 94.7 Å². The standard InChI is InChI=1S/C35H47N3O5Si/c1-23(36-21-33(43-44(6,7)35(2,3)4)25-13-15-31(40)28(18-25)22-39)16-24-12-14-29-27(17-24)19-30(38-29)34(41)37-20-26-10-8-9-11-32(26)42-5/h8-15,17-19,23,33,36,38-40H,16,20-22H2,1-7H3,(H,37,41)/t23-,33+/m1/s1. The highest BCUT2D eigenvalue weighted by atomic mass is 28.4. The number of carbonyl (C=O) groups excluding carboxylic acids is 1. The molecule has 0 aliphatic heterocycles. The number of hydrogen-bond donors (Lipinski definition) is 5. The van der Waals surface area contributed by atoms with Crippen LogP contribution >= 0.6 is 0 Å². The van der Waals surface area contributed by atoms with Crippen molar-refractivity contribution in [2.45, 2.75) is 77.5 Å². The van der Waals surface area contributed by atoms with Crippen molar-refractivity contribution in [3.8, 4) is 11.5 Å². The van der Waals surface area contributed by atoms with Gasteiger partial charge in [-0.2, -0.15) is 0 Å². The van der Waals surface area contributed by atoms with Crippen LogP contribution in [0, 0.1) is 0 Å². The van der Waals surface area contributed by atoms with Crippen molar-refractivity contribution in [2.24, 2.45) is 0 Å². The minimum Gasteiger partial charge on any atom is -0.508 e. The number of fused-ring (bicyclic) bond motifs is 1. The second-order valence-corrected chi connectivity index (χ2v) is 17.8. The van der Waals surface area contributed by atoms with Crippen LogP contribution in [0.1, 0.15) is 66.5 Å². The summed E-state index contributed by atoms with van der Waals surface area (Å²) in [6.07, 6.45) is 0.564. The molecule has 0 bridgehead atoms. The Hall–Kier alpha value is -3.63. The maximum atomic E-state index is 12.9. The number of phenols is 1. The first-order chi connectivity index (χ1) is 20.8. The van der Waals surface area contributed by atoms with Crippen molar-refractivity contribution >= 4 is 25.1 Å². The molecule has 8 nitrogen and oxygen atoms in total. The lowest BCUT2D eigenvalue weighted by molar-refractivity contribution is 0.0946. The van der Waals surface area contributed by atoms with Crippen LogP contribution in [-0.2, 0) is 24.0 Å². The fraction of sp³-hybridized carbons (Fsp3) is 0.400. The summed E-state index contributed by atoms with van der Waals surface area (Å²) in [5.74, 6) is 0.656. The van der Waals surface area contributed by atoms with Gasteiger partial charge in [0.25, 0.3) is 5.91 Å². The van der Waals surface area contributed by atoms with Crippen molar-refractivity contribution < 1.29 is 24.2 Å². The van der Waals surface area contributed by atoms with Crippen LogP contribution in [0.15, 0.2) is 66.7 Å². The Morgan fingerprint density at radius 2 is 1.77 bits per heavy atom. The number of aromatic nitrogens is 1. The van der Waals surface area contributed by atoms with Gasteiger partial charge in [0.05, 0.1) is 19.8 Å². The smallest absolute Gasteiger partial charge is 0.267 e. The average Bonchev–Trinajstić information content (AvgIpc) is 3.41. The number of amides is 1. The third-order valence-electron chi connectivity index (χ3n) is 8.64. The lowest BCUT2D eigenvalue weighted by Gasteiger charge is -2.40. The fourth-order valence-corrected chi connectivity index (χ4v) is 6.26. The van der Waals surface area contributed by atoms with Crippen molar-refractivity contribution in [1.29, 1.82) is 0 Å². The summed E-state index contributed by atoms with van der Waals surface area (Å²) >= 11 is 0. The molecule has 0 saturated carbocycles. The molecule has 0 radical (unpaired) electrons. The fourth-order valence-electron chi connectivity index (χ4n) is 4.98. The number of H-pyrrole nitrogens is 1. The second kappa shape index (κ2) is 14.0. The zero-order valence-corrected chi connectivity index (χ0v) is 28.0. The summed E-state index contributed by atoms with van der Waals surface area (Å²) in [5.41, 5.74) is 4.92. The predicted molar refractivity (Wildman–Crippen MR) is 179 cm³/mol. The Labute approximate surface area is 261 Å². The van der Waals surface area contributed by atoms with E-state index in [0.717, 1.165) is 39.8 Å². The topological polar surface area (TPSA) is 116 Å². The molecule has 0 spiro atoms. The van der Waals surface area contributed by atoms with Gasteiger partial charge in [0, 0.05) is 41.2 Å². The molecule has 236 valence electrons. The van der Waals surface area contributed by atoms with E-state index in [1.54, 1.807) is 13.2 Å². The van der Waals surface area contributed by atoms with Gasteiger partial charge in [-0.15, -0.1) is 0 Å². The van der Waals surface area contributed by atoms with Crippen LogP contribution in [0.4, 0.5) is 0 Å². The van der Waals surface area contributed by atoms with Crippen LogP contribution in [0.3, 0.4) is 0 Å². The zero-order valence-electron chi connectivity index (χ0n) is 27.0. The van der Waals surface area contributed by atoms with Crippen LogP contribution in [0.5, 0.6) is 11.5 Å². The minimum absolute atomic E-state index is 0.0315. The number of aliphatic hydroxyl groups excluding tert-OH is 1. The number of aromatic hydroxyl groups is 1. The van der Waals surface area contributed by atoms with Crippen LogP contribution in [0.2, 0.25) is 18.1 Å². The molecule has 1 amide bonds. The zero-order chi connectivity index (χ0) is 32.1. The normalized spacial score (nSPS) is 13.5. The molecule has 5 N–H and O–H groups in total. The van der Waals surface area contributed by atoms with Gasteiger partial charge in [0.1, 0.15) is 17.2 Å². The molecule has 44 heavy (non-hydrogen) atoms. The van der Waals surface area contributed by atoms with E-state index in [0.29, 0.717) is 24.3 Å². The van der Waals surface area contributed by atoms with Gasteiger partial charge in [0.15, 0.2) is 8.32 Å². The summed E-state index contributed by atoms with van der Waals surface area (Å²) in [6.45, 7) is 14.0. The maximum absolute atomic E-state index is 12.9. The van der Waals surface area contributed by atoms with E-state index >= 15 is 0 Å². The molecule has 9 heteroatoms. The maximum Gasteiger partial charge on any atom is 0.267 e. The first-order valence-electron chi connectivity index (χ1n) is 15.2. The molecule has 0 aliphatic carbocycles. The first kappa shape index (κ1) is 33.3. The Bertz CT molecular complexity index is 1580. The van der Waals surface area contributed by atoms with E-state index in [2.05, 4.69) is 68.5 Å². The Morgan fingerprint density at radius 3 is 2.48 bits per heavy atom. The molecule has 0 fully saturated rings. The molecule has 0 unspecified atom stereocenters.